The molecule has 2 heterocycles. The molecule has 0 saturated carbocycles. The quantitative estimate of drug-likeness (QED) is 0.806. The number of carbonyl (C=O) groups is 1. The Hall–Kier alpha value is -2.58. The van der Waals surface area contributed by atoms with E-state index in [-0.39, 0.29) is 5.60 Å². The van der Waals surface area contributed by atoms with Crippen molar-refractivity contribution >= 4 is 5.97 Å². The first-order valence-electron chi connectivity index (χ1n) is 9.14. The standard InChI is InChI=1S/C19H21NO2.C2HF3O2/c1-19-13-20-10-17(19)15-8-5-9-18(16(15)12-22-19)21-11-14-6-3-2-4-7-14;3-2(4,5)1(6)7/h2-9,17,20H,10-13H2,1H3;(H,6,7). The van der Waals surface area contributed by atoms with Crippen LogP contribution in [0.3, 0.4) is 0 Å². The van der Waals surface area contributed by atoms with Crippen molar-refractivity contribution in [3.8, 4) is 5.75 Å². The summed E-state index contributed by atoms with van der Waals surface area (Å²) in [6, 6.07) is 16.7. The lowest BCUT2D eigenvalue weighted by Crippen LogP contribution is -2.39. The Morgan fingerprint density at radius 1 is 1.24 bits per heavy atom. The number of fused-ring (bicyclic) bond motifs is 3. The summed E-state index contributed by atoms with van der Waals surface area (Å²) in [7, 11) is 0. The zero-order chi connectivity index (χ0) is 21.1. The van der Waals surface area contributed by atoms with E-state index in [0.29, 0.717) is 19.1 Å². The summed E-state index contributed by atoms with van der Waals surface area (Å²) in [5, 5.41) is 10.6. The average Bonchev–Trinajstić information content (AvgIpc) is 3.09. The van der Waals surface area contributed by atoms with Crippen LogP contribution >= 0.6 is 0 Å². The van der Waals surface area contributed by atoms with Gasteiger partial charge in [0, 0.05) is 24.6 Å². The molecule has 2 atom stereocenters. The van der Waals surface area contributed by atoms with Gasteiger partial charge < -0.3 is 19.9 Å². The van der Waals surface area contributed by atoms with Crippen LogP contribution in [-0.2, 0) is 22.7 Å². The van der Waals surface area contributed by atoms with Crippen molar-refractivity contribution in [3.05, 3.63) is 65.2 Å². The summed E-state index contributed by atoms with van der Waals surface area (Å²) in [5.74, 6) is -1.39. The van der Waals surface area contributed by atoms with E-state index < -0.39 is 12.1 Å². The highest BCUT2D eigenvalue weighted by atomic mass is 19.4. The fourth-order valence-corrected chi connectivity index (χ4v) is 3.57. The number of hydrogen-bond donors (Lipinski definition) is 2. The maximum atomic E-state index is 10.6. The molecule has 8 heteroatoms. The van der Waals surface area contributed by atoms with E-state index in [9.17, 15) is 13.2 Å². The van der Waals surface area contributed by atoms with Crippen molar-refractivity contribution in [2.45, 2.75) is 37.8 Å². The SMILES string of the molecule is CC12CNCC1c1cccc(OCc3ccccc3)c1CO2.O=C(O)C(F)(F)F. The van der Waals surface area contributed by atoms with Gasteiger partial charge in [-0.05, 0) is 24.1 Å². The maximum absolute atomic E-state index is 10.6. The molecule has 2 aromatic rings. The third-order valence-electron chi connectivity index (χ3n) is 5.13. The molecular weight excluding hydrogens is 387 g/mol. The topological polar surface area (TPSA) is 67.8 Å². The lowest BCUT2D eigenvalue weighted by atomic mass is 9.81. The molecule has 0 radical (unpaired) electrons. The van der Waals surface area contributed by atoms with Gasteiger partial charge >= 0.3 is 12.1 Å². The Morgan fingerprint density at radius 3 is 2.59 bits per heavy atom. The lowest BCUT2D eigenvalue weighted by molar-refractivity contribution is -0.192. The summed E-state index contributed by atoms with van der Waals surface area (Å²) >= 11 is 0. The van der Waals surface area contributed by atoms with Crippen molar-refractivity contribution < 1.29 is 32.5 Å². The van der Waals surface area contributed by atoms with Crippen LogP contribution in [0.1, 0.15) is 29.5 Å². The fourth-order valence-electron chi connectivity index (χ4n) is 3.57. The van der Waals surface area contributed by atoms with E-state index in [1.54, 1.807) is 0 Å². The molecule has 29 heavy (non-hydrogen) atoms. The normalized spacial score (nSPS) is 22.7. The Morgan fingerprint density at radius 2 is 1.93 bits per heavy atom. The molecule has 5 nitrogen and oxygen atoms in total. The van der Waals surface area contributed by atoms with Crippen LogP contribution < -0.4 is 10.1 Å². The molecule has 0 aliphatic carbocycles. The van der Waals surface area contributed by atoms with Crippen LogP contribution in [0, 0.1) is 0 Å². The average molecular weight is 409 g/mol. The van der Waals surface area contributed by atoms with Crippen LogP contribution in [0.2, 0.25) is 0 Å². The minimum absolute atomic E-state index is 0.0783. The highest BCUT2D eigenvalue weighted by Crippen LogP contribution is 2.43. The molecule has 2 unspecified atom stereocenters. The van der Waals surface area contributed by atoms with E-state index in [2.05, 4.69) is 42.6 Å². The number of ether oxygens (including phenoxy) is 2. The Labute approximate surface area is 166 Å². The van der Waals surface area contributed by atoms with Crippen LogP contribution in [0.25, 0.3) is 0 Å². The predicted octanol–water partition coefficient (Wildman–Crippen LogP) is 3.87. The molecule has 0 spiro atoms. The van der Waals surface area contributed by atoms with Crippen molar-refractivity contribution in [2.24, 2.45) is 0 Å². The van der Waals surface area contributed by atoms with Crippen molar-refractivity contribution in [2.75, 3.05) is 13.1 Å². The first-order chi connectivity index (χ1) is 13.7. The van der Waals surface area contributed by atoms with E-state index in [4.69, 9.17) is 19.4 Å². The van der Waals surface area contributed by atoms with Gasteiger partial charge in [-0.1, -0.05) is 42.5 Å². The third-order valence-corrected chi connectivity index (χ3v) is 5.13. The summed E-state index contributed by atoms with van der Waals surface area (Å²) in [4.78, 5) is 8.90. The minimum Gasteiger partial charge on any atom is -0.489 e. The van der Waals surface area contributed by atoms with Gasteiger partial charge in [-0.2, -0.15) is 13.2 Å². The first kappa shape index (κ1) is 21.1. The second-order valence-corrected chi connectivity index (χ2v) is 7.19. The van der Waals surface area contributed by atoms with E-state index in [0.717, 1.165) is 18.8 Å². The van der Waals surface area contributed by atoms with Gasteiger partial charge in [-0.3, -0.25) is 0 Å². The molecule has 0 amide bonds. The Balaban J connectivity index is 0.000000298. The highest BCUT2D eigenvalue weighted by Gasteiger charge is 2.45. The number of benzene rings is 2. The van der Waals surface area contributed by atoms with Gasteiger partial charge in [0.15, 0.2) is 0 Å². The van der Waals surface area contributed by atoms with Crippen molar-refractivity contribution in [1.82, 2.24) is 5.32 Å². The zero-order valence-corrected chi connectivity index (χ0v) is 15.8. The number of rotatable bonds is 3. The van der Waals surface area contributed by atoms with Crippen molar-refractivity contribution in [1.29, 1.82) is 0 Å². The van der Waals surface area contributed by atoms with Gasteiger partial charge in [0.2, 0.25) is 0 Å². The number of aliphatic carboxylic acids is 1. The second-order valence-electron chi connectivity index (χ2n) is 7.19. The highest BCUT2D eigenvalue weighted by molar-refractivity contribution is 5.73. The second kappa shape index (κ2) is 8.42. The summed E-state index contributed by atoms with van der Waals surface area (Å²) < 4.78 is 44.0. The molecule has 0 aromatic heterocycles. The van der Waals surface area contributed by atoms with Crippen molar-refractivity contribution in [3.63, 3.8) is 0 Å². The monoisotopic (exact) mass is 409 g/mol. The summed E-state index contributed by atoms with van der Waals surface area (Å²) in [5.41, 5.74) is 3.70. The molecule has 2 aromatic carbocycles. The third kappa shape index (κ3) is 4.89. The van der Waals surface area contributed by atoms with Gasteiger partial charge in [0.05, 0.1) is 12.2 Å². The molecule has 2 aliphatic heterocycles. The van der Waals surface area contributed by atoms with E-state index >= 15 is 0 Å². The number of alkyl halides is 3. The summed E-state index contributed by atoms with van der Waals surface area (Å²) in [6.07, 6.45) is -5.08. The number of halogens is 3. The van der Waals surface area contributed by atoms with Crippen LogP contribution in [-0.4, -0.2) is 35.9 Å². The van der Waals surface area contributed by atoms with Crippen LogP contribution in [0.5, 0.6) is 5.75 Å². The van der Waals surface area contributed by atoms with Gasteiger partial charge in [-0.25, -0.2) is 4.79 Å². The first-order valence-corrected chi connectivity index (χ1v) is 9.14. The zero-order valence-electron chi connectivity index (χ0n) is 15.8. The number of carboxylic acids is 1. The van der Waals surface area contributed by atoms with Crippen LogP contribution in [0.15, 0.2) is 48.5 Å². The molecule has 2 aliphatic rings. The molecule has 4 rings (SSSR count). The van der Waals surface area contributed by atoms with Crippen LogP contribution in [0.4, 0.5) is 13.2 Å². The minimum atomic E-state index is -5.08. The number of nitrogens with one attached hydrogen (secondary N) is 1. The number of hydrogen-bond acceptors (Lipinski definition) is 4. The van der Waals surface area contributed by atoms with E-state index in [1.807, 2.05) is 18.2 Å². The fraction of sp³-hybridized carbons (Fsp3) is 0.381. The van der Waals surface area contributed by atoms with Gasteiger partial charge in [-0.15, -0.1) is 0 Å². The van der Waals surface area contributed by atoms with E-state index in [1.165, 1.54) is 16.7 Å². The maximum Gasteiger partial charge on any atom is 0.490 e. The molecule has 1 saturated heterocycles. The molecule has 1 fully saturated rings. The lowest BCUT2D eigenvalue weighted by Gasteiger charge is -2.37. The smallest absolute Gasteiger partial charge is 0.489 e. The molecular formula is C21H22F3NO4. The number of carboxylic acid groups (broad SMARTS) is 1. The Kier molecular flexibility index (Phi) is 6.14. The largest absolute Gasteiger partial charge is 0.490 e. The Bertz CT molecular complexity index is 857. The molecule has 2 N–H and O–H groups in total. The van der Waals surface area contributed by atoms with Gasteiger partial charge in [0.25, 0.3) is 0 Å². The van der Waals surface area contributed by atoms with Gasteiger partial charge in [0.1, 0.15) is 12.4 Å². The molecule has 0 bridgehead atoms. The summed E-state index contributed by atoms with van der Waals surface area (Å²) in [6.45, 7) is 5.34. The molecule has 156 valence electrons. The predicted molar refractivity (Wildman–Crippen MR) is 99.7 cm³/mol.